The van der Waals surface area contributed by atoms with Crippen molar-refractivity contribution in [3.05, 3.63) is 95.1 Å². The van der Waals surface area contributed by atoms with E-state index in [-0.39, 0.29) is 17.4 Å². The molecule has 3 aromatic rings. The van der Waals surface area contributed by atoms with Gasteiger partial charge in [-0.3, -0.25) is 9.59 Å². The van der Waals surface area contributed by atoms with Gasteiger partial charge in [0.1, 0.15) is 29.1 Å². The Bertz CT molecular complexity index is 1380. The summed E-state index contributed by atoms with van der Waals surface area (Å²) in [6, 6.07) is 21.4. The number of ether oxygens (including phenoxy) is 2. The number of nitrogens with zero attached hydrogens (tertiary/aromatic N) is 2. The van der Waals surface area contributed by atoms with Crippen molar-refractivity contribution in [3.8, 4) is 17.2 Å². The van der Waals surface area contributed by atoms with Gasteiger partial charge in [-0.25, -0.2) is 0 Å². The van der Waals surface area contributed by atoms with Crippen LogP contribution in [0, 0.1) is 0 Å². The summed E-state index contributed by atoms with van der Waals surface area (Å²) in [6.07, 6.45) is 1.46. The van der Waals surface area contributed by atoms with Gasteiger partial charge in [-0.15, -0.1) is 0 Å². The van der Waals surface area contributed by atoms with E-state index >= 15 is 0 Å². The number of hydrogen-bond donors (Lipinski definition) is 1. The first-order chi connectivity index (χ1) is 18.3. The van der Waals surface area contributed by atoms with Gasteiger partial charge in [0, 0.05) is 18.5 Å². The number of amides is 1. The number of aliphatic hydroxyl groups is 1. The van der Waals surface area contributed by atoms with E-state index in [4.69, 9.17) is 9.47 Å². The first kappa shape index (κ1) is 25.5. The third-order valence-corrected chi connectivity index (χ3v) is 6.87. The fraction of sp³-hybridized carbons (Fsp3) is 0.290. The number of rotatable bonds is 8. The van der Waals surface area contributed by atoms with Crippen molar-refractivity contribution >= 4 is 17.4 Å². The maximum absolute atomic E-state index is 13.4. The van der Waals surface area contributed by atoms with Gasteiger partial charge in [-0.1, -0.05) is 30.3 Å². The summed E-state index contributed by atoms with van der Waals surface area (Å²) >= 11 is 0. The second-order valence-electron chi connectivity index (χ2n) is 10.1. The molecule has 7 heteroatoms. The predicted molar refractivity (Wildman–Crippen MR) is 145 cm³/mol. The molecule has 7 nitrogen and oxygen atoms in total. The average Bonchev–Trinajstić information content (AvgIpc) is 3.40. The van der Waals surface area contributed by atoms with Gasteiger partial charge < -0.3 is 24.4 Å². The number of benzene rings is 3. The molecule has 2 atom stereocenters. The van der Waals surface area contributed by atoms with Gasteiger partial charge in [-0.05, 0) is 87.6 Å². The number of carbonyl (C=O) groups excluding carboxylic acids is 2. The fourth-order valence-corrected chi connectivity index (χ4v) is 5.11. The number of fused-ring (bicyclic) bond motifs is 1. The van der Waals surface area contributed by atoms with Gasteiger partial charge >= 0.3 is 0 Å². The minimum absolute atomic E-state index is 0.0528. The number of para-hydroxylation sites is 1. The number of likely N-dealkylation sites (tertiary alicyclic amines) is 1. The smallest absolute Gasteiger partial charge is 0.295 e. The number of aliphatic hydroxyl groups excluding tert-OH is 1. The van der Waals surface area contributed by atoms with E-state index in [1.54, 1.807) is 11.0 Å². The standard InChI is InChI=1S/C31H32N2O5/c1-20-17-23-18-22(13-14-26(23)37-20)29(34)27-28(33(31(36)30(27)35)16-8-15-32(2)3)21-9-7-12-25(19-21)38-24-10-5-4-6-11-24/h4-7,9-14,18-20,28,34H,8,15-17H2,1-3H3/b29-27+. The number of Topliss-reactive ketones (excluding diaryl/α,β-unsaturated/α-hetero) is 1. The highest BCUT2D eigenvalue weighted by molar-refractivity contribution is 6.46. The molecule has 196 valence electrons. The van der Waals surface area contributed by atoms with Crippen molar-refractivity contribution in [1.82, 2.24) is 9.80 Å². The molecular formula is C31H32N2O5. The molecule has 1 fully saturated rings. The van der Waals surface area contributed by atoms with E-state index in [1.807, 2.05) is 92.6 Å². The lowest BCUT2D eigenvalue weighted by Crippen LogP contribution is -2.32. The topological polar surface area (TPSA) is 79.3 Å². The molecule has 0 bridgehead atoms. The molecule has 1 N–H and O–H groups in total. The van der Waals surface area contributed by atoms with Crippen molar-refractivity contribution in [3.63, 3.8) is 0 Å². The Morgan fingerprint density at radius 1 is 1.03 bits per heavy atom. The number of ketones is 1. The maximum Gasteiger partial charge on any atom is 0.295 e. The lowest BCUT2D eigenvalue weighted by molar-refractivity contribution is -0.139. The summed E-state index contributed by atoms with van der Waals surface area (Å²) in [5.41, 5.74) is 2.25. The molecule has 0 aliphatic carbocycles. The number of carbonyl (C=O) groups is 2. The SMILES string of the molecule is CC1Cc2cc(/C(O)=C3\C(=O)C(=O)N(CCCN(C)C)C3c3cccc(Oc4ccccc4)c3)ccc2O1. The second-order valence-corrected chi connectivity index (χ2v) is 10.1. The molecular weight excluding hydrogens is 480 g/mol. The van der Waals surface area contributed by atoms with Crippen LogP contribution in [0.25, 0.3) is 5.76 Å². The summed E-state index contributed by atoms with van der Waals surface area (Å²) in [5, 5.41) is 11.5. The summed E-state index contributed by atoms with van der Waals surface area (Å²) < 4.78 is 11.8. The first-order valence-corrected chi connectivity index (χ1v) is 12.9. The zero-order valence-corrected chi connectivity index (χ0v) is 21.9. The van der Waals surface area contributed by atoms with Gasteiger partial charge in [0.15, 0.2) is 0 Å². The van der Waals surface area contributed by atoms with Crippen LogP contribution >= 0.6 is 0 Å². The molecule has 1 saturated heterocycles. The lowest BCUT2D eigenvalue weighted by atomic mass is 9.94. The molecule has 5 rings (SSSR count). The third-order valence-electron chi connectivity index (χ3n) is 6.87. The van der Waals surface area contributed by atoms with Crippen LogP contribution in [0.5, 0.6) is 17.2 Å². The molecule has 0 aromatic heterocycles. The van der Waals surface area contributed by atoms with E-state index < -0.39 is 17.7 Å². The first-order valence-electron chi connectivity index (χ1n) is 12.9. The average molecular weight is 513 g/mol. The van der Waals surface area contributed by atoms with E-state index in [0.29, 0.717) is 35.6 Å². The van der Waals surface area contributed by atoms with Crippen molar-refractivity contribution < 1.29 is 24.2 Å². The molecule has 3 aromatic carbocycles. The maximum atomic E-state index is 13.4. The van der Waals surface area contributed by atoms with Gasteiger partial charge in [0.25, 0.3) is 11.7 Å². The molecule has 2 heterocycles. The van der Waals surface area contributed by atoms with Crippen LogP contribution in [0.1, 0.15) is 36.1 Å². The van der Waals surface area contributed by atoms with Crippen molar-refractivity contribution in [2.45, 2.75) is 31.9 Å². The zero-order chi connectivity index (χ0) is 26.8. The summed E-state index contributed by atoms with van der Waals surface area (Å²) in [5.74, 6) is 0.566. The zero-order valence-electron chi connectivity index (χ0n) is 21.9. The molecule has 0 saturated carbocycles. The van der Waals surface area contributed by atoms with Crippen molar-refractivity contribution in [2.75, 3.05) is 27.2 Å². The van der Waals surface area contributed by atoms with Crippen LogP contribution in [-0.2, 0) is 16.0 Å². The van der Waals surface area contributed by atoms with Gasteiger partial charge in [0.2, 0.25) is 0 Å². The van der Waals surface area contributed by atoms with E-state index in [9.17, 15) is 14.7 Å². The Labute approximate surface area is 222 Å². The Balaban J connectivity index is 1.56. The highest BCUT2D eigenvalue weighted by Gasteiger charge is 2.46. The fourth-order valence-electron chi connectivity index (χ4n) is 5.11. The monoisotopic (exact) mass is 512 g/mol. The Morgan fingerprint density at radius 2 is 1.79 bits per heavy atom. The van der Waals surface area contributed by atoms with Crippen LogP contribution in [0.15, 0.2) is 78.4 Å². The molecule has 0 spiro atoms. The van der Waals surface area contributed by atoms with Crippen LogP contribution in [-0.4, -0.2) is 59.9 Å². The van der Waals surface area contributed by atoms with Gasteiger partial charge in [0.05, 0.1) is 11.6 Å². The second kappa shape index (κ2) is 10.7. The number of hydrogen-bond acceptors (Lipinski definition) is 6. The normalized spacial score (nSPS) is 20.1. The van der Waals surface area contributed by atoms with Crippen LogP contribution in [0.3, 0.4) is 0 Å². The predicted octanol–water partition coefficient (Wildman–Crippen LogP) is 5.18. The molecule has 2 aliphatic heterocycles. The van der Waals surface area contributed by atoms with Crippen molar-refractivity contribution in [2.24, 2.45) is 0 Å². The largest absolute Gasteiger partial charge is 0.507 e. The van der Waals surface area contributed by atoms with Crippen LogP contribution in [0.4, 0.5) is 0 Å². The Hall–Kier alpha value is -4.10. The summed E-state index contributed by atoms with van der Waals surface area (Å²) in [4.78, 5) is 30.3. The minimum Gasteiger partial charge on any atom is -0.507 e. The molecule has 0 radical (unpaired) electrons. The highest BCUT2D eigenvalue weighted by Crippen LogP contribution is 2.41. The van der Waals surface area contributed by atoms with E-state index in [2.05, 4.69) is 0 Å². The van der Waals surface area contributed by atoms with Crippen LogP contribution < -0.4 is 9.47 Å². The van der Waals surface area contributed by atoms with E-state index in [1.165, 1.54) is 0 Å². The Kier molecular flexibility index (Phi) is 7.20. The molecule has 1 amide bonds. The molecule has 2 unspecified atom stereocenters. The summed E-state index contributed by atoms with van der Waals surface area (Å²) in [6.45, 7) is 3.13. The van der Waals surface area contributed by atoms with Crippen LogP contribution in [0.2, 0.25) is 0 Å². The molecule has 2 aliphatic rings. The lowest BCUT2D eigenvalue weighted by Gasteiger charge is -2.26. The van der Waals surface area contributed by atoms with Gasteiger partial charge in [-0.2, -0.15) is 0 Å². The van der Waals surface area contributed by atoms with E-state index in [0.717, 1.165) is 24.3 Å². The van der Waals surface area contributed by atoms with Crippen molar-refractivity contribution in [1.29, 1.82) is 0 Å². The molecule has 38 heavy (non-hydrogen) atoms. The third kappa shape index (κ3) is 5.15. The highest BCUT2D eigenvalue weighted by atomic mass is 16.5. The summed E-state index contributed by atoms with van der Waals surface area (Å²) in [7, 11) is 3.93. The minimum atomic E-state index is -0.736. The quantitative estimate of drug-likeness (QED) is 0.255. The Morgan fingerprint density at radius 3 is 2.55 bits per heavy atom.